The van der Waals surface area contributed by atoms with Gasteiger partial charge in [0.2, 0.25) is 0 Å². The van der Waals surface area contributed by atoms with Crippen LogP contribution in [0.4, 0.5) is 10.5 Å². The van der Waals surface area contributed by atoms with E-state index in [0.717, 1.165) is 4.90 Å². The number of sulfone groups is 1. The topological polar surface area (TPSA) is 80.8 Å². The molecule has 34 heavy (non-hydrogen) atoms. The van der Waals surface area contributed by atoms with Gasteiger partial charge in [0.05, 0.1) is 16.3 Å². The molecular formula is C27H27NO5S. The molecule has 1 aliphatic rings. The Morgan fingerprint density at radius 1 is 0.882 bits per heavy atom. The summed E-state index contributed by atoms with van der Waals surface area (Å²) in [5.74, 6) is -0.786. The number of hydrogen-bond acceptors (Lipinski definition) is 5. The van der Waals surface area contributed by atoms with E-state index in [0.29, 0.717) is 16.8 Å². The van der Waals surface area contributed by atoms with Gasteiger partial charge >= 0.3 is 6.09 Å². The molecule has 1 heterocycles. The minimum absolute atomic E-state index is 0.0244. The predicted octanol–water partition coefficient (Wildman–Crippen LogP) is 5.12. The number of benzene rings is 3. The summed E-state index contributed by atoms with van der Waals surface area (Å²) in [4.78, 5) is 28.5. The van der Waals surface area contributed by atoms with Gasteiger partial charge in [-0.2, -0.15) is 0 Å². The van der Waals surface area contributed by atoms with E-state index in [1.807, 2.05) is 6.07 Å². The number of rotatable bonds is 5. The summed E-state index contributed by atoms with van der Waals surface area (Å²) in [5.41, 5.74) is -0.540. The molecular weight excluding hydrogens is 450 g/mol. The summed E-state index contributed by atoms with van der Waals surface area (Å²) in [6.45, 7) is 5.19. The van der Waals surface area contributed by atoms with Crippen LogP contribution < -0.4 is 4.90 Å². The zero-order chi connectivity index (χ0) is 24.6. The lowest BCUT2D eigenvalue weighted by Crippen LogP contribution is -2.46. The second-order valence-corrected chi connectivity index (χ2v) is 11.4. The molecule has 6 nitrogen and oxygen atoms in total. The van der Waals surface area contributed by atoms with Crippen LogP contribution in [-0.4, -0.2) is 31.8 Å². The summed E-state index contributed by atoms with van der Waals surface area (Å²) in [6.07, 6.45) is -0.808. The Morgan fingerprint density at radius 3 is 2.06 bits per heavy atom. The molecule has 0 aromatic heterocycles. The lowest BCUT2D eigenvalue weighted by atomic mass is 9.73. The molecule has 0 saturated heterocycles. The van der Waals surface area contributed by atoms with E-state index in [-0.39, 0.29) is 17.1 Å². The molecule has 1 aliphatic heterocycles. The van der Waals surface area contributed by atoms with Crippen LogP contribution in [-0.2, 0) is 24.8 Å². The highest BCUT2D eigenvalue weighted by molar-refractivity contribution is 7.91. The van der Waals surface area contributed by atoms with Crippen LogP contribution in [0.3, 0.4) is 0 Å². The van der Waals surface area contributed by atoms with E-state index in [2.05, 4.69) is 0 Å². The van der Waals surface area contributed by atoms with Crippen LogP contribution in [0.2, 0.25) is 0 Å². The van der Waals surface area contributed by atoms with Crippen LogP contribution in [0.25, 0.3) is 0 Å². The number of ether oxygens (including phenoxy) is 1. The molecule has 3 aromatic rings. The summed E-state index contributed by atoms with van der Waals surface area (Å²) < 4.78 is 31.9. The summed E-state index contributed by atoms with van der Waals surface area (Å²) in [7, 11) is -3.67. The van der Waals surface area contributed by atoms with Crippen molar-refractivity contribution in [2.24, 2.45) is 0 Å². The molecule has 0 spiro atoms. The third-order valence-corrected chi connectivity index (χ3v) is 7.60. The minimum atomic E-state index is -3.67. The number of fused-ring (bicyclic) bond motifs is 1. The van der Waals surface area contributed by atoms with Crippen LogP contribution in [0.15, 0.2) is 89.8 Å². The molecule has 0 fully saturated rings. The molecule has 7 heteroatoms. The largest absolute Gasteiger partial charge is 0.443 e. The number of hydrogen-bond donors (Lipinski definition) is 0. The normalized spacial score (nSPS) is 18.0. The molecule has 0 N–H and O–H groups in total. The highest BCUT2D eigenvalue weighted by atomic mass is 32.2. The molecule has 0 saturated carbocycles. The van der Waals surface area contributed by atoms with Crippen LogP contribution >= 0.6 is 0 Å². The maximum absolute atomic E-state index is 14.1. The Bertz CT molecular complexity index is 1310. The Morgan fingerprint density at radius 2 is 1.44 bits per heavy atom. The number of para-hydroxylation sites is 1. The van der Waals surface area contributed by atoms with Crippen LogP contribution in [0.1, 0.15) is 38.3 Å². The van der Waals surface area contributed by atoms with Crippen molar-refractivity contribution < 1.29 is 22.7 Å². The van der Waals surface area contributed by atoms with E-state index in [1.165, 1.54) is 0 Å². The van der Waals surface area contributed by atoms with Gasteiger partial charge in [-0.15, -0.1) is 0 Å². The number of carbonyl (C=O) groups excluding carboxylic acids is 2. The smallest absolute Gasteiger partial charge is 0.421 e. The van der Waals surface area contributed by atoms with Crippen molar-refractivity contribution in [2.45, 2.75) is 43.1 Å². The predicted molar refractivity (Wildman–Crippen MR) is 130 cm³/mol. The number of carbonyl (C=O) groups is 2. The third kappa shape index (κ3) is 4.23. The van der Waals surface area contributed by atoms with E-state index < -0.39 is 32.9 Å². The first-order valence-corrected chi connectivity index (χ1v) is 12.7. The summed E-state index contributed by atoms with van der Waals surface area (Å²) >= 11 is 0. The second-order valence-electron chi connectivity index (χ2n) is 9.29. The van der Waals surface area contributed by atoms with Gasteiger partial charge < -0.3 is 4.74 Å². The zero-order valence-corrected chi connectivity index (χ0v) is 20.2. The number of anilines is 1. The van der Waals surface area contributed by atoms with Gasteiger partial charge in [0.1, 0.15) is 11.0 Å². The van der Waals surface area contributed by atoms with Crippen molar-refractivity contribution in [3.8, 4) is 0 Å². The molecule has 0 bridgehead atoms. The highest BCUT2D eigenvalue weighted by Crippen LogP contribution is 2.49. The molecule has 4 rings (SSSR count). The second kappa shape index (κ2) is 8.72. The maximum Gasteiger partial charge on any atom is 0.421 e. The fraction of sp³-hybridized carbons (Fsp3) is 0.259. The molecule has 176 valence electrons. The fourth-order valence-electron chi connectivity index (χ4n) is 4.35. The van der Waals surface area contributed by atoms with E-state index in [9.17, 15) is 18.0 Å². The molecule has 1 unspecified atom stereocenters. The first-order valence-electron chi connectivity index (χ1n) is 11.1. The quantitative estimate of drug-likeness (QED) is 0.510. The Balaban J connectivity index is 1.84. The first-order chi connectivity index (χ1) is 16.1. The van der Waals surface area contributed by atoms with Gasteiger partial charge in [0.25, 0.3) is 5.91 Å². The van der Waals surface area contributed by atoms with Crippen LogP contribution in [0, 0.1) is 0 Å². The Hall–Kier alpha value is -3.45. The maximum atomic E-state index is 14.1. The van der Waals surface area contributed by atoms with Gasteiger partial charge in [-0.3, -0.25) is 4.79 Å². The van der Waals surface area contributed by atoms with Gasteiger partial charge in [0, 0.05) is 0 Å². The summed E-state index contributed by atoms with van der Waals surface area (Å²) in [6, 6.07) is 24.2. The lowest BCUT2D eigenvalue weighted by molar-refractivity contribution is -0.121. The van der Waals surface area contributed by atoms with Crippen molar-refractivity contribution >= 4 is 27.5 Å². The van der Waals surface area contributed by atoms with Gasteiger partial charge in [-0.1, -0.05) is 66.7 Å². The number of imide groups is 1. The highest BCUT2D eigenvalue weighted by Gasteiger charge is 2.55. The zero-order valence-electron chi connectivity index (χ0n) is 19.4. The third-order valence-electron chi connectivity index (χ3n) is 5.86. The van der Waals surface area contributed by atoms with E-state index in [4.69, 9.17) is 4.74 Å². The fourth-order valence-corrected chi connectivity index (χ4v) is 5.74. The monoisotopic (exact) mass is 477 g/mol. The lowest BCUT2D eigenvalue weighted by Gasteiger charge is -2.30. The Labute approximate surface area is 200 Å². The molecule has 0 aliphatic carbocycles. The van der Waals surface area contributed by atoms with Crippen molar-refractivity contribution in [3.05, 3.63) is 96.1 Å². The molecule has 2 amide bonds. The van der Waals surface area contributed by atoms with Gasteiger partial charge in [-0.05, 0) is 56.5 Å². The average Bonchev–Trinajstić information content (AvgIpc) is 3.06. The first kappa shape index (κ1) is 23.7. The standard InChI is InChI=1S/C27H27NO5S/c1-26(2,3)33-25(30)28-23-17-11-10-16-22(23)27(24(28)29,20-12-6-4-7-13-20)18-19-34(31,32)21-14-8-5-9-15-21/h4-17H,18-19H2,1-3H3. The number of amides is 2. The van der Waals surface area contributed by atoms with Crippen molar-refractivity contribution in [3.63, 3.8) is 0 Å². The Kier molecular flexibility index (Phi) is 6.08. The van der Waals surface area contributed by atoms with Crippen LogP contribution in [0.5, 0.6) is 0 Å². The molecule has 0 radical (unpaired) electrons. The summed E-state index contributed by atoms with van der Waals surface area (Å²) in [5, 5.41) is 0. The average molecular weight is 478 g/mol. The van der Waals surface area contributed by atoms with Gasteiger partial charge in [-0.25, -0.2) is 18.1 Å². The van der Waals surface area contributed by atoms with Crippen molar-refractivity contribution in [2.75, 3.05) is 10.7 Å². The van der Waals surface area contributed by atoms with Crippen molar-refractivity contribution in [1.29, 1.82) is 0 Å². The SMILES string of the molecule is CC(C)(C)OC(=O)N1C(=O)C(CCS(=O)(=O)c2ccccc2)(c2ccccc2)c2ccccc21. The van der Waals surface area contributed by atoms with E-state index in [1.54, 1.807) is 99.6 Å². The number of nitrogens with zero attached hydrogens (tertiary/aromatic N) is 1. The van der Waals surface area contributed by atoms with E-state index >= 15 is 0 Å². The van der Waals surface area contributed by atoms with Gasteiger partial charge in [0.15, 0.2) is 9.84 Å². The van der Waals surface area contributed by atoms with Crippen molar-refractivity contribution in [1.82, 2.24) is 0 Å². The molecule has 1 atom stereocenters. The minimum Gasteiger partial charge on any atom is -0.443 e. The molecule has 3 aromatic carbocycles.